The van der Waals surface area contributed by atoms with Gasteiger partial charge >= 0.3 is 0 Å². The van der Waals surface area contributed by atoms with Crippen LogP contribution in [0.2, 0.25) is 5.15 Å². The van der Waals surface area contributed by atoms with Crippen molar-refractivity contribution in [1.29, 1.82) is 0 Å². The maximum Gasteiger partial charge on any atom is 0.171 e. The second-order valence-corrected chi connectivity index (χ2v) is 6.91. The number of hydrogen-bond donors (Lipinski definition) is 0. The van der Waals surface area contributed by atoms with Crippen LogP contribution in [-0.2, 0) is 6.42 Å². The Morgan fingerprint density at radius 3 is 2.70 bits per heavy atom. The highest BCUT2D eigenvalue weighted by molar-refractivity contribution is 9.10. The standard InChI is InChI=1S/C15H12BrClN2S/c1-3-9-4-7-12(20-9)15-18-13-8(2)11(16)6-5-10(13)14(17)19-15/h4-7H,3H2,1-2H3. The molecule has 0 aliphatic rings. The minimum absolute atomic E-state index is 0.507. The van der Waals surface area contributed by atoms with Gasteiger partial charge in [-0.2, -0.15) is 0 Å². The first-order chi connectivity index (χ1) is 9.60. The molecule has 3 aromatic rings. The first-order valence-electron chi connectivity index (χ1n) is 6.31. The third-order valence-electron chi connectivity index (χ3n) is 3.24. The molecule has 20 heavy (non-hydrogen) atoms. The van der Waals surface area contributed by atoms with E-state index >= 15 is 0 Å². The van der Waals surface area contributed by atoms with E-state index in [0.717, 1.165) is 32.2 Å². The van der Waals surface area contributed by atoms with Crippen molar-refractivity contribution in [2.24, 2.45) is 0 Å². The Bertz CT molecular complexity index is 798. The lowest BCUT2D eigenvalue weighted by atomic mass is 10.1. The highest BCUT2D eigenvalue weighted by atomic mass is 79.9. The zero-order valence-electron chi connectivity index (χ0n) is 11.1. The topological polar surface area (TPSA) is 25.8 Å². The lowest BCUT2D eigenvalue weighted by molar-refractivity contribution is 1.19. The highest BCUT2D eigenvalue weighted by Crippen LogP contribution is 2.32. The molecular formula is C15H12BrClN2S. The smallest absolute Gasteiger partial charge is 0.171 e. The minimum Gasteiger partial charge on any atom is -0.227 e. The number of halogens is 2. The van der Waals surface area contributed by atoms with Gasteiger partial charge in [-0.15, -0.1) is 11.3 Å². The molecule has 0 saturated heterocycles. The van der Waals surface area contributed by atoms with Crippen molar-refractivity contribution in [2.45, 2.75) is 20.3 Å². The molecule has 0 atom stereocenters. The molecule has 0 N–H and O–H groups in total. The van der Waals surface area contributed by atoms with E-state index in [9.17, 15) is 0 Å². The lowest BCUT2D eigenvalue weighted by Gasteiger charge is -2.07. The van der Waals surface area contributed by atoms with Crippen molar-refractivity contribution in [3.05, 3.63) is 44.3 Å². The van der Waals surface area contributed by atoms with Gasteiger partial charge in [0.1, 0.15) is 5.15 Å². The Hall–Kier alpha value is -0.970. The SMILES string of the molecule is CCc1ccc(-c2nc(Cl)c3ccc(Br)c(C)c3n2)s1. The van der Waals surface area contributed by atoms with Crippen molar-refractivity contribution >= 4 is 49.8 Å². The number of rotatable bonds is 2. The zero-order valence-corrected chi connectivity index (χ0v) is 14.2. The molecule has 102 valence electrons. The molecule has 0 radical (unpaired) electrons. The van der Waals surface area contributed by atoms with Gasteiger partial charge in [0.05, 0.1) is 10.4 Å². The fourth-order valence-electron chi connectivity index (χ4n) is 2.07. The van der Waals surface area contributed by atoms with Crippen molar-refractivity contribution in [3.8, 4) is 10.7 Å². The summed E-state index contributed by atoms with van der Waals surface area (Å²) in [6.45, 7) is 4.18. The van der Waals surface area contributed by atoms with E-state index in [1.807, 2.05) is 19.1 Å². The van der Waals surface area contributed by atoms with Crippen molar-refractivity contribution < 1.29 is 0 Å². The molecule has 2 heterocycles. The van der Waals surface area contributed by atoms with Gasteiger partial charge < -0.3 is 0 Å². The molecule has 2 aromatic heterocycles. The Labute approximate surface area is 135 Å². The van der Waals surface area contributed by atoms with Crippen molar-refractivity contribution in [1.82, 2.24) is 9.97 Å². The van der Waals surface area contributed by atoms with E-state index in [-0.39, 0.29) is 0 Å². The van der Waals surface area contributed by atoms with Crippen LogP contribution in [0.5, 0.6) is 0 Å². The zero-order chi connectivity index (χ0) is 14.3. The van der Waals surface area contributed by atoms with Crippen LogP contribution >= 0.6 is 38.9 Å². The monoisotopic (exact) mass is 366 g/mol. The normalized spacial score (nSPS) is 11.2. The van der Waals surface area contributed by atoms with Crippen LogP contribution in [0.3, 0.4) is 0 Å². The van der Waals surface area contributed by atoms with E-state index in [2.05, 4.69) is 40.0 Å². The molecule has 0 fully saturated rings. The summed E-state index contributed by atoms with van der Waals surface area (Å²) < 4.78 is 1.03. The Morgan fingerprint density at radius 2 is 2.00 bits per heavy atom. The molecule has 1 aromatic carbocycles. The number of aryl methyl sites for hydroxylation is 2. The molecule has 0 bridgehead atoms. The number of thiophene rings is 1. The largest absolute Gasteiger partial charge is 0.227 e. The van der Waals surface area contributed by atoms with Crippen LogP contribution in [0.1, 0.15) is 17.4 Å². The maximum absolute atomic E-state index is 6.32. The van der Waals surface area contributed by atoms with Crippen LogP contribution in [0.4, 0.5) is 0 Å². The summed E-state index contributed by atoms with van der Waals surface area (Å²) >= 11 is 11.6. The summed E-state index contributed by atoms with van der Waals surface area (Å²) in [6.07, 6.45) is 1.02. The predicted molar refractivity (Wildman–Crippen MR) is 89.7 cm³/mol. The van der Waals surface area contributed by atoms with E-state index < -0.39 is 0 Å². The van der Waals surface area contributed by atoms with E-state index in [1.54, 1.807) is 11.3 Å². The Balaban J connectivity index is 2.25. The van der Waals surface area contributed by atoms with Crippen LogP contribution in [0.15, 0.2) is 28.7 Å². The van der Waals surface area contributed by atoms with Gasteiger partial charge in [-0.05, 0) is 43.2 Å². The van der Waals surface area contributed by atoms with Crippen LogP contribution < -0.4 is 0 Å². The predicted octanol–water partition coefficient (Wildman–Crippen LogP) is 5.65. The van der Waals surface area contributed by atoms with Crippen LogP contribution in [0, 0.1) is 6.92 Å². The number of hydrogen-bond acceptors (Lipinski definition) is 3. The summed E-state index contributed by atoms with van der Waals surface area (Å²) in [5.74, 6) is 0.702. The van der Waals surface area contributed by atoms with Crippen LogP contribution in [-0.4, -0.2) is 9.97 Å². The molecule has 5 heteroatoms. The molecule has 0 amide bonds. The minimum atomic E-state index is 0.507. The number of benzene rings is 1. The van der Waals surface area contributed by atoms with Gasteiger partial charge in [0.2, 0.25) is 0 Å². The summed E-state index contributed by atoms with van der Waals surface area (Å²) in [5.41, 5.74) is 1.99. The second-order valence-electron chi connectivity index (χ2n) is 4.53. The van der Waals surface area contributed by atoms with E-state index in [0.29, 0.717) is 11.0 Å². The summed E-state index contributed by atoms with van der Waals surface area (Å²) in [7, 11) is 0. The highest BCUT2D eigenvalue weighted by Gasteiger charge is 2.12. The first kappa shape index (κ1) is 14.0. The van der Waals surface area contributed by atoms with Gasteiger partial charge in [-0.1, -0.05) is 34.5 Å². The third-order valence-corrected chi connectivity index (χ3v) is 5.61. The van der Waals surface area contributed by atoms with Gasteiger partial charge in [-0.3, -0.25) is 0 Å². The lowest BCUT2D eigenvalue weighted by Crippen LogP contribution is -1.93. The van der Waals surface area contributed by atoms with Crippen molar-refractivity contribution in [2.75, 3.05) is 0 Å². The van der Waals surface area contributed by atoms with Gasteiger partial charge in [0, 0.05) is 14.7 Å². The summed E-state index contributed by atoms with van der Waals surface area (Å²) in [6, 6.07) is 8.11. The average Bonchev–Trinajstić information content (AvgIpc) is 2.92. The molecule has 0 aliphatic heterocycles. The average molecular weight is 368 g/mol. The Kier molecular flexibility index (Phi) is 3.80. The van der Waals surface area contributed by atoms with Gasteiger partial charge in [0.25, 0.3) is 0 Å². The summed E-state index contributed by atoms with van der Waals surface area (Å²) in [5, 5.41) is 1.40. The van der Waals surface area contributed by atoms with Gasteiger partial charge in [-0.25, -0.2) is 9.97 Å². The van der Waals surface area contributed by atoms with E-state index in [4.69, 9.17) is 16.6 Å². The quantitative estimate of drug-likeness (QED) is 0.547. The second kappa shape index (κ2) is 5.43. The molecular weight excluding hydrogens is 356 g/mol. The number of nitrogens with zero attached hydrogens (tertiary/aromatic N) is 2. The molecule has 0 spiro atoms. The Morgan fingerprint density at radius 1 is 1.20 bits per heavy atom. The molecule has 0 aliphatic carbocycles. The maximum atomic E-state index is 6.32. The van der Waals surface area contributed by atoms with Crippen LogP contribution in [0.25, 0.3) is 21.6 Å². The van der Waals surface area contributed by atoms with Crippen molar-refractivity contribution in [3.63, 3.8) is 0 Å². The number of aromatic nitrogens is 2. The number of fused-ring (bicyclic) bond motifs is 1. The fraction of sp³-hybridized carbons (Fsp3) is 0.200. The third kappa shape index (κ3) is 2.36. The summed E-state index contributed by atoms with van der Waals surface area (Å²) in [4.78, 5) is 11.5. The van der Waals surface area contributed by atoms with E-state index in [1.165, 1.54) is 4.88 Å². The molecule has 2 nitrogen and oxygen atoms in total. The molecule has 3 rings (SSSR count). The fourth-order valence-corrected chi connectivity index (χ4v) is 3.50. The molecule has 0 saturated carbocycles. The van der Waals surface area contributed by atoms with Gasteiger partial charge in [0.15, 0.2) is 5.82 Å². The first-order valence-corrected chi connectivity index (χ1v) is 8.30. The molecule has 0 unspecified atom stereocenters.